The molecular formula is C24H30N4O4. The van der Waals surface area contributed by atoms with Crippen LogP contribution in [0.3, 0.4) is 0 Å². The lowest BCUT2D eigenvalue weighted by molar-refractivity contribution is -0.117. The summed E-state index contributed by atoms with van der Waals surface area (Å²) in [5.41, 5.74) is 3.77. The number of ether oxygens (including phenoxy) is 2. The first-order valence-corrected chi connectivity index (χ1v) is 10.6. The van der Waals surface area contributed by atoms with Crippen molar-refractivity contribution in [2.45, 2.75) is 26.2 Å². The Balaban J connectivity index is 1.87. The van der Waals surface area contributed by atoms with Gasteiger partial charge < -0.3 is 25.0 Å². The molecule has 0 aromatic heterocycles. The largest absolute Gasteiger partial charge is 0.493 e. The van der Waals surface area contributed by atoms with Crippen LogP contribution in [0.25, 0.3) is 0 Å². The normalized spacial score (nSPS) is 15.2. The average Bonchev–Trinajstić information content (AvgIpc) is 3.14. The van der Waals surface area contributed by atoms with Crippen molar-refractivity contribution in [2.24, 2.45) is 4.99 Å². The van der Waals surface area contributed by atoms with Gasteiger partial charge in [0.2, 0.25) is 11.8 Å². The molecule has 1 heterocycles. The molecule has 2 aromatic carbocycles. The maximum absolute atomic E-state index is 12.8. The second-order valence-corrected chi connectivity index (χ2v) is 7.42. The van der Waals surface area contributed by atoms with Crippen LogP contribution in [0.4, 0.5) is 17.1 Å². The molecule has 0 saturated heterocycles. The Morgan fingerprint density at radius 2 is 1.78 bits per heavy atom. The van der Waals surface area contributed by atoms with Gasteiger partial charge in [0.1, 0.15) is 5.92 Å². The standard InChI is InChI=1S/C24H30N4O4/c1-6-18(23-17-12-20(31-4)21(32-5)13-19(17)27-24(23)30)26-15-8-10-16(11-9-15)28(3)22(29)14-25-7-2/h8-13,23,25H,6-7,14H2,1-5H3,(H,27,30). The van der Waals surface area contributed by atoms with E-state index in [4.69, 9.17) is 14.5 Å². The van der Waals surface area contributed by atoms with Crippen LogP contribution in [0, 0.1) is 0 Å². The molecule has 2 amide bonds. The van der Waals surface area contributed by atoms with Crippen LogP contribution in [-0.4, -0.2) is 51.9 Å². The van der Waals surface area contributed by atoms with Gasteiger partial charge >= 0.3 is 0 Å². The van der Waals surface area contributed by atoms with Gasteiger partial charge in [-0.2, -0.15) is 0 Å². The first-order valence-electron chi connectivity index (χ1n) is 10.6. The van der Waals surface area contributed by atoms with Crippen molar-refractivity contribution in [1.29, 1.82) is 0 Å². The monoisotopic (exact) mass is 438 g/mol. The minimum atomic E-state index is -0.501. The fraction of sp³-hybridized carbons (Fsp3) is 0.375. The highest BCUT2D eigenvalue weighted by molar-refractivity contribution is 6.19. The summed E-state index contributed by atoms with van der Waals surface area (Å²) < 4.78 is 10.8. The van der Waals surface area contributed by atoms with E-state index in [0.29, 0.717) is 23.6 Å². The lowest BCUT2D eigenvalue weighted by Gasteiger charge is -2.18. The van der Waals surface area contributed by atoms with E-state index in [-0.39, 0.29) is 18.4 Å². The highest BCUT2D eigenvalue weighted by Gasteiger charge is 2.35. The Hall–Kier alpha value is -3.39. The van der Waals surface area contributed by atoms with E-state index in [1.807, 2.05) is 44.2 Å². The number of methoxy groups -OCH3 is 2. The van der Waals surface area contributed by atoms with Crippen LogP contribution in [0.2, 0.25) is 0 Å². The summed E-state index contributed by atoms with van der Waals surface area (Å²) in [5.74, 6) is 0.490. The van der Waals surface area contributed by atoms with Crippen LogP contribution in [0.1, 0.15) is 31.7 Å². The molecule has 8 heteroatoms. The van der Waals surface area contributed by atoms with Crippen molar-refractivity contribution < 1.29 is 19.1 Å². The molecule has 1 aliphatic rings. The Kier molecular flexibility index (Phi) is 7.48. The summed E-state index contributed by atoms with van der Waals surface area (Å²) in [5, 5.41) is 5.96. The summed E-state index contributed by atoms with van der Waals surface area (Å²) in [6, 6.07) is 11.0. The minimum absolute atomic E-state index is 0.0130. The molecule has 2 aromatic rings. The second-order valence-electron chi connectivity index (χ2n) is 7.42. The van der Waals surface area contributed by atoms with Gasteiger partial charge in [-0.1, -0.05) is 13.8 Å². The molecule has 2 N–H and O–H groups in total. The number of fused-ring (bicyclic) bond motifs is 1. The molecule has 0 saturated carbocycles. The van der Waals surface area contributed by atoms with Gasteiger partial charge in [0.05, 0.1) is 26.5 Å². The number of rotatable bonds is 9. The zero-order valence-corrected chi connectivity index (χ0v) is 19.2. The van der Waals surface area contributed by atoms with E-state index in [9.17, 15) is 9.59 Å². The molecule has 1 unspecified atom stereocenters. The summed E-state index contributed by atoms with van der Waals surface area (Å²) in [6.45, 7) is 4.97. The lowest BCUT2D eigenvalue weighted by atomic mass is 9.93. The van der Waals surface area contributed by atoms with Crippen molar-refractivity contribution in [3.05, 3.63) is 42.0 Å². The number of benzene rings is 2. The molecule has 3 rings (SSSR count). The van der Waals surface area contributed by atoms with Gasteiger partial charge in [0.15, 0.2) is 11.5 Å². The molecule has 1 atom stereocenters. The predicted molar refractivity (Wildman–Crippen MR) is 127 cm³/mol. The molecule has 0 bridgehead atoms. The van der Waals surface area contributed by atoms with E-state index in [1.165, 1.54) is 0 Å². The molecule has 1 aliphatic heterocycles. The summed E-state index contributed by atoms with van der Waals surface area (Å²) in [7, 11) is 4.88. The third-order valence-electron chi connectivity index (χ3n) is 5.49. The highest BCUT2D eigenvalue weighted by Crippen LogP contribution is 2.42. The number of nitrogens with zero attached hydrogens (tertiary/aromatic N) is 2. The topological polar surface area (TPSA) is 92.3 Å². The van der Waals surface area contributed by atoms with Crippen LogP contribution >= 0.6 is 0 Å². The first-order chi connectivity index (χ1) is 15.4. The summed E-state index contributed by atoms with van der Waals surface area (Å²) in [6.07, 6.45) is 0.606. The molecule has 8 nitrogen and oxygen atoms in total. The number of nitrogens with one attached hydrogen (secondary N) is 2. The van der Waals surface area contributed by atoms with E-state index in [0.717, 1.165) is 29.2 Å². The number of amides is 2. The van der Waals surface area contributed by atoms with Gasteiger partial charge in [0, 0.05) is 30.2 Å². The molecule has 0 spiro atoms. The fourth-order valence-electron chi connectivity index (χ4n) is 3.68. The van der Waals surface area contributed by atoms with Crippen molar-refractivity contribution in [2.75, 3.05) is 44.6 Å². The van der Waals surface area contributed by atoms with E-state index < -0.39 is 5.92 Å². The SMILES string of the molecule is CCNCC(=O)N(C)c1ccc(N=C(CC)C2C(=O)Nc3cc(OC)c(OC)cc32)cc1. The number of carbonyl (C=O) groups is 2. The average molecular weight is 439 g/mol. The Morgan fingerprint density at radius 1 is 1.12 bits per heavy atom. The quantitative estimate of drug-likeness (QED) is 0.585. The second kappa shape index (κ2) is 10.3. The van der Waals surface area contributed by atoms with E-state index in [1.54, 1.807) is 32.2 Å². The maximum Gasteiger partial charge on any atom is 0.240 e. The van der Waals surface area contributed by atoms with Crippen LogP contribution in [0.5, 0.6) is 11.5 Å². The third kappa shape index (κ3) is 4.75. The van der Waals surface area contributed by atoms with Crippen molar-refractivity contribution in [1.82, 2.24) is 5.32 Å². The van der Waals surface area contributed by atoms with Crippen molar-refractivity contribution in [3.8, 4) is 11.5 Å². The Bertz CT molecular complexity index is 1020. The first kappa shape index (κ1) is 23.3. The van der Waals surface area contributed by atoms with E-state index >= 15 is 0 Å². The summed E-state index contributed by atoms with van der Waals surface area (Å²) in [4.78, 5) is 31.4. The Morgan fingerprint density at radius 3 is 2.38 bits per heavy atom. The molecule has 0 fully saturated rings. The zero-order chi connectivity index (χ0) is 23.3. The molecule has 170 valence electrons. The van der Waals surface area contributed by atoms with Crippen molar-refractivity contribution >= 4 is 34.6 Å². The maximum atomic E-state index is 12.8. The predicted octanol–water partition coefficient (Wildman–Crippen LogP) is 3.49. The molecular weight excluding hydrogens is 408 g/mol. The number of aliphatic imine (C=N–C) groups is 1. The number of hydrogen-bond acceptors (Lipinski definition) is 6. The van der Waals surface area contributed by atoms with Crippen LogP contribution in [-0.2, 0) is 9.59 Å². The summed E-state index contributed by atoms with van der Waals surface area (Å²) >= 11 is 0. The highest BCUT2D eigenvalue weighted by atomic mass is 16.5. The van der Waals surface area contributed by atoms with Gasteiger partial charge in [-0.25, -0.2) is 0 Å². The number of likely N-dealkylation sites (N-methyl/N-ethyl adjacent to an activating group) is 2. The zero-order valence-electron chi connectivity index (χ0n) is 19.2. The van der Waals surface area contributed by atoms with Crippen LogP contribution < -0.4 is 25.0 Å². The number of anilines is 2. The fourth-order valence-corrected chi connectivity index (χ4v) is 3.68. The minimum Gasteiger partial charge on any atom is -0.493 e. The Labute approximate surface area is 188 Å². The van der Waals surface area contributed by atoms with Gasteiger partial charge in [-0.15, -0.1) is 0 Å². The van der Waals surface area contributed by atoms with Crippen molar-refractivity contribution in [3.63, 3.8) is 0 Å². The third-order valence-corrected chi connectivity index (χ3v) is 5.49. The van der Waals surface area contributed by atoms with E-state index in [2.05, 4.69) is 10.6 Å². The van der Waals surface area contributed by atoms with Gasteiger partial charge in [-0.3, -0.25) is 14.6 Å². The smallest absolute Gasteiger partial charge is 0.240 e. The molecule has 0 radical (unpaired) electrons. The van der Waals surface area contributed by atoms with Crippen LogP contribution in [0.15, 0.2) is 41.4 Å². The molecule has 32 heavy (non-hydrogen) atoms. The lowest BCUT2D eigenvalue weighted by Crippen LogP contribution is -2.35. The van der Waals surface area contributed by atoms with Gasteiger partial charge in [-0.05, 0) is 48.9 Å². The number of hydrogen-bond donors (Lipinski definition) is 2. The molecule has 0 aliphatic carbocycles. The number of carbonyl (C=O) groups excluding carboxylic acids is 2. The van der Waals surface area contributed by atoms with Gasteiger partial charge in [0.25, 0.3) is 0 Å².